The van der Waals surface area contributed by atoms with Crippen LogP contribution >= 0.6 is 0 Å². The zero-order valence-electron chi connectivity index (χ0n) is 17.3. The maximum atomic E-state index is 14.0. The third kappa shape index (κ3) is 3.07. The molecule has 5 rings (SSSR count). The first kappa shape index (κ1) is 19.6. The number of nitrogen functional groups attached to an aromatic ring is 1. The molecule has 3 aliphatic heterocycles. The molecular formula is C24H26N4O3. The van der Waals surface area contributed by atoms with Gasteiger partial charge in [0.15, 0.2) is 5.41 Å². The summed E-state index contributed by atoms with van der Waals surface area (Å²) in [6, 6.07) is 14.2. The standard InChI is InChI=1S/C24H26N4O3/c25-18-10-11-19-17(13-18)14-24(20-9-5-2-6-12-27(19)20)21(29)26-23(31)28(22(24)30)15-16-7-3-1-4-8-16/h1,3-4,7-8,10-11,13,20H,2,5-6,9,12,14-15,25H2,(H,26,29,31)/t20-,24-/m0/s1. The van der Waals surface area contributed by atoms with E-state index in [1.165, 1.54) is 4.90 Å². The Bertz CT molecular complexity index is 1050. The van der Waals surface area contributed by atoms with Gasteiger partial charge in [0.2, 0.25) is 11.8 Å². The first-order chi connectivity index (χ1) is 15.0. The van der Waals surface area contributed by atoms with Gasteiger partial charge in [0.1, 0.15) is 0 Å². The minimum atomic E-state index is -1.34. The van der Waals surface area contributed by atoms with Gasteiger partial charge in [-0.15, -0.1) is 0 Å². The quantitative estimate of drug-likeness (QED) is 0.578. The first-order valence-electron chi connectivity index (χ1n) is 10.9. The largest absolute Gasteiger partial charge is 0.399 e. The minimum Gasteiger partial charge on any atom is -0.399 e. The van der Waals surface area contributed by atoms with Crippen molar-refractivity contribution in [2.45, 2.75) is 44.7 Å². The fraction of sp³-hybridized carbons (Fsp3) is 0.375. The second-order valence-electron chi connectivity index (χ2n) is 8.73. The van der Waals surface area contributed by atoms with Crippen molar-refractivity contribution in [1.29, 1.82) is 0 Å². The number of carbonyl (C=O) groups excluding carboxylic acids is 3. The Hall–Kier alpha value is -3.35. The summed E-state index contributed by atoms with van der Waals surface area (Å²) in [7, 11) is 0. The lowest BCUT2D eigenvalue weighted by Crippen LogP contribution is -2.71. The van der Waals surface area contributed by atoms with E-state index in [9.17, 15) is 14.4 Å². The molecule has 2 saturated heterocycles. The zero-order valence-corrected chi connectivity index (χ0v) is 17.3. The Kier molecular flexibility index (Phi) is 4.68. The lowest BCUT2D eigenvalue weighted by Gasteiger charge is -2.51. The second-order valence-corrected chi connectivity index (χ2v) is 8.73. The van der Waals surface area contributed by atoms with Crippen LogP contribution in [0.15, 0.2) is 48.5 Å². The molecule has 2 atom stereocenters. The molecule has 2 aromatic carbocycles. The van der Waals surface area contributed by atoms with Crippen LogP contribution in [-0.2, 0) is 22.6 Å². The summed E-state index contributed by atoms with van der Waals surface area (Å²) in [5.74, 6) is -0.896. The smallest absolute Gasteiger partial charge is 0.331 e. The summed E-state index contributed by atoms with van der Waals surface area (Å²) in [6.07, 6.45) is 3.98. The maximum Gasteiger partial charge on any atom is 0.331 e. The number of fused-ring (bicyclic) bond motifs is 4. The van der Waals surface area contributed by atoms with Crippen molar-refractivity contribution in [2.24, 2.45) is 5.41 Å². The van der Waals surface area contributed by atoms with Gasteiger partial charge < -0.3 is 10.6 Å². The van der Waals surface area contributed by atoms with E-state index in [1.54, 1.807) is 0 Å². The Morgan fingerprint density at radius 1 is 1.03 bits per heavy atom. The van der Waals surface area contributed by atoms with Crippen molar-refractivity contribution < 1.29 is 14.4 Å². The van der Waals surface area contributed by atoms with E-state index >= 15 is 0 Å². The molecule has 3 N–H and O–H groups in total. The number of carbonyl (C=O) groups is 3. The summed E-state index contributed by atoms with van der Waals surface area (Å²) >= 11 is 0. The van der Waals surface area contributed by atoms with Gasteiger partial charge in [-0.1, -0.05) is 43.2 Å². The van der Waals surface area contributed by atoms with E-state index in [-0.39, 0.29) is 19.0 Å². The van der Waals surface area contributed by atoms with Crippen LogP contribution in [0.1, 0.15) is 36.8 Å². The number of benzene rings is 2. The molecule has 0 unspecified atom stereocenters. The zero-order chi connectivity index (χ0) is 21.6. The van der Waals surface area contributed by atoms with E-state index in [0.717, 1.165) is 49.0 Å². The third-order valence-electron chi connectivity index (χ3n) is 6.89. The molecule has 0 aromatic heterocycles. The maximum absolute atomic E-state index is 14.0. The fourth-order valence-corrected chi connectivity index (χ4v) is 5.42. The van der Waals surface area contributed by atoms with Crippen molar-refractivity contribution >= 4 is 29.2 Å². The lowest BCUT2D eigenvalue weighted by molar-refractivity contribution is -0.154. The highest BCUT2D eigenvalue weighted by atomic mass is 16.2. The molecule has 7 nitrogen and oxygen atoms in total. The number of hydrogen-bond acceptors (Lipinski definition) is 5. The highest BCUT2D eigenvalue weighted by Gasteiger charge is 2.61. The number of imide groups is 2. The van der Waals surface area contributed by atoms with Crippen molar-refractivity contribution in [3.8, 4) is 0 Å². The number of rotatable bonds is 2. The number of nitrogens with one attached hydrogen (secondary N) is 1. The average molecular weight is 418 g/mol. The molecular weight excluding hydrogens is 392 g/mol. The molecule has 160 valence electrons. The molecule has 31 heavy (non-hydrogen) atoms. The SMILES string of the molecule is Nc1ccc2c(c1)C[C@@]1(C(=O)NC(=O)N(Cc3ccccc3)C1=O)[C@@H]1CCCCCN21. The summed E-state index contributed by atoms with van der Waals surface area (Å²) in [5.41, 5.74) is 8.08. The van der Waals surface area contributed by atoms with Crippen LogP contribution in [0.4, 0.5) is 16.2 Å². The van der Waals surface area contributed by atoms with Crippen LogP contribution in [0.3, 0.4) is 0 Å². The van der Waals surface area contributed by atoms with Gasteiger partial charge in [-0.25, -0.2) is 4.79 Å². The second kappa shape index (κ2) is 7.41. The van der Waals surface area contributed by atoms with Gasteiger partial charge in [0.25, 0.3) is 0 Å². The summed E-state index contributed by atoms with van der Waals surface area (Å²) < 4.78 is 0. The predicted molar refractivity (Wildman–Crippen MR) is 117 cm³/mol. The van der Waals surface area contributed by atoms with Gasteiger partial charge in [0.05, 0.1) is 12.6 Å². The van der Waals surface area contributed by atoms with E-state index < -0.39 is 23.3 Å². The monoisotopic (exact) mass is 418 g/mol. The Morgan fingerprint density at radius 2 is 1.84 bits per heavy atom. The number of amides is 4. The van der Waals surface area contributed by atoms with Crippen LogP contribution in [0, 0.1) is 5.41 Å². The van der Waals surface area contributed by atoms with E-state index in [1.807, 2.05) is 48.5 Å². The molecule has 0 radical (unpaired) electrons. The van der Waals surface area contributed by atoms with Gasteiger partial charge in [0, 0.05) is 17.9 Å². The van der Waals surface area contributed by atoms with Crippen molar-refractivity contribution in [1.82, 2.24) is 10.2 Å². The summed E-state index contributed by atoms with van der Waals surface area (Å²) in [6.45, 7) is 0.910. The predicted octanol–water partition coefficient (Wildman–Crippen LogP) is 2.84. The average Bonchev–Trinajstić information content (AvgIpc) is 3.02. The number of nitrogens with zero attached hydrogens (tertiary/aromatic N) is 2. The van der Waals surface area contributed by atoms with E-state index in [2.05, 4.69) is 10.2 Å². The summed E-state index contributed by atoms with van der Waals surface area (Å²) in [5, 5.41) is 2.51. The molecule has 0 aliphatic carbocycles. The van der Waals surface area contributed by atoms with E-state index in [4.69, 9.17) is 5.73 Å². The highest BCUT2D eigenvalue weighted by Crippen LogP contribution is 2.47. The number of nitrogens with two attached hydrogens (primary N) is 1. The van der Waals surface area contributed by atoms with Crippen LogP contribution in [-0.4, -0.2) is 35.3 Å². The topological polar surface area (TPSA) is 95.7 Å². The Balaban J connectivity index is 1.61. The molecule has 2 fully saturated rings. The number of anilines is 2. The molecule has 3 aliphatic rings. The van der Waals surface area contributed by atoms with Crippen LogP contribution < -0.4 is 16.0 Å². The van der Waals surface area contributed by atoms with Crippen molar-refractivity contribution in [3.63, 3.8) is 0 Å². The first-order valence-corrected chi connectivity index (χ1v) is 10.9. The molecule has 3 heterocycles. The van der Waals surface area contributed by atoms with Gasteiger partial charge >= 0.3 is 6.03 Å². The lowest BCUT2D eigenvalue weighted by atomic mass is 9.67. The number of barbiturate groups is 1. The molecule has 0 saturated carbocycles. The minimum absolute atomic E-state index is 0.136. The van der Waals surface area contributed by atoms with Crippen LogP contribution in [0.2, 0.25) is 0 Å². The highest BCUT2D eigenvalue weighted by molar-refractivity contribution is 6.20. The Labute approximate surface area is 181 Å². The summed E-state index contributed by atoms with van der Waals surface area (Å²) in [4.78, 5) is 43.5. The molecule has 0 bridgehead atoms. The van der Waals surface area contributed by atoms with E-state index in [0.29, 0.717) is 5.69 Å². The van der Waals surface area contributed by atoms with Crippen molar-refractivity contribution in [3.05, 3.63) is 59.7 Å². The van der Waals surface area contributed by atoms with Gasteiger partial charge in [-0.3, -0.25) is 19.8 Å². The van der Waals surface area contributed by atoms with Crippen LogP contribution in [0.5, 0.6) is 0 Å². The normalized spacial score (nSPS) is 25.7. The third-order valence-corrected chi connectivity index (χ3v) is 6.89. The fourth-order valence-electron chi connectivity index (χ4n) is 5.42. The van der Waals surface area contributed by atoms with Crippen molar-refractivity contribution in [2.75, 3.05) is 17.2 Å². The van der Waals surface area contributed by atoms with Crippen LogP contribution in [0.25, 0.3) is 0 Å². The Morgan fingerprint density at radius 3 is 2.65 bits per heavy atom. The molecule has 2 aromatic rings. The number of urea groups is 1. The van der Waals surface area contributed by atoms with Gasteiger partial charge in [-0.2, -0.15) is 0 Å². The molecule has 7 heteroatoms. The number of hydrogen-bond donors (Lipinski definition) is 2. The molecule has 1 spiro atoms. The van der Waals surface area contributed by atoms with Gasteiger partial charge in [-0.05, 0) is 48.6 Å². The molecule has 4 amide bonds.